The number of nitrogens with zero attached hydrogens (tertiary/aromatic N) is 2. The summed E-state index contributed by atoms with van der Waals surface area (Å²) < 4.78 is 16.3. The molecule has 7 heteroatoms. The van der Waals surface area contributed by atoms with Crippen LogP contribution >= 0.6 is 11.8 Å². The Morgan fingerprint density at radius 3 is 2.52 bits per heavy atom. The molecule has 162 valence electrons. The molecular weight excluding hydrogens is 412 g/mol. The van der Waals surface area contributed by atoms with Crippen molar-refractivity contribution in [3.63, 3.8) is 0 Å². The molecule has 0 N–H and O–H groups in total. The fraction of sp³-hybridized carbons (Fsp3) is 0.375. The number of carbonyl (C=O) groups is 1. The van der Waals surface area contributed by atoms with Crippen molar-refractivity contribution in [1.29, 1.82) is 0 Å². The average molecular weight is 439 g/mol. The Kier molecular flexibility index (Phi) is 6.92. The molecule has 0 unspecified atom stereocenters. The van der Waals surface area contributed by atoms with Crippen LogP contribution in [0.2, 0.25) is 0 Å². The third kappa shape index (κ3) is 5.10. The molecule has 0 saturated heterocycles. The molecule has 1 aliphatic rings. The first-order chi connectivity index (χ1) is 15.2. The maximum atomic E-state index is 12.6. The molecule has 0 aliphatic heterocycles. The van der Waals surface area contributed by atoms with Crippen molar-refractivity contribution in [2.24, 2.45) is 0 Å². The van der Waals surface area contributed by atoms with Gasteiger partial charge in [0.25, 0.3) is 11.1 Å². The van der Waals surface area contributed by atoms with E-state index in [1.54, 1.807) is 32.4 Å². The normalized spacial score (nSPS) is 14.4. The highest BCUT2D eigenvalue weighted by atomic mass is 32.2. The molecule has 0 bridgehead atoms. The van der Waals surface area contributed by atoms with E-state index >= 15 is 0 Å². The molecule has 1 aliphatic carbocycles. The minimum absolute atomic E-state index is 0.0435. The van der Waals surface area contributed by atoms with E-state index in [0.717, 1.165) is 0 Å². The van der Waals surface area contributed by atoms with Gasteiger partial charge >= 0.3 is 0 Å². The summed E-state index contributed by atoms with van der Waals surface area (Å²) >= 11 is 1.24. The molecule has 3 aromatic rings. The Hall–Kier alpha value is -2.80. The van der Waals surface area contributed by atoms with Crippen molar-refractivity contribution >= 4 is 17.5 Å². The van der Waals surface area contributed by atoms with Gasteiger partial charge in [0, 0.05) is 11.6 Å². The Balaban J connectivity index is 1.38. The largest absolute Gasteiger partial charge is 0.497 e. The summed E-state index contributed by atoms with van der Waals surface area (Å²) in [6.07, 6.45) is 6.45. The zero-order valence-corrected chi connectivity index (χ0v) is 18.6. The topological polar surface area (TPSA) is 74.5 Å². The summed E-state index contributed by atoms with van der Waals surface area (Å²) in [6, 6.07) is 13.5. The van der Waals surface area contributed by atoms with Gasteiger partial charge in [0.2, 0.25) is 0 Å². The molecule has 1 fully saturated rings. The summed E-state index contributed by atoms with van der Waals surface area (Å²) in [6.45, 7) is 0. The van der Waals surface area contributed by atoms with E-state index in [2.05, 4.69) is 22.3 Å². The monoisotopic (exact) mass is 438 g/mol. The number of aromatic nitrogens is 2. The molecule has 2 aromatic carbocycles. The highest BCUT2D eigenvalue weighted by Gasteiger charge is 2.18. The highest BCUT2D eigenvalue weighted by Crippen LogP contribution is 2.34. The molecule has 0 spiro atoms. The number of methoxy groups -OCH3 is 2. The molecule has 0 radical (unpaired) electrons. The summed E-state index contributed by atoms with van der Waals surface area (Å²) in [7, 11) is 3.17. The maximum Gasteiger partial charge on any atom is 0.277 e. The minimum Gasteiger partial charge on any atom is -0.497 e. The lowest BCUT2D eigenvalue weighted by molar-refractivity contribution is 0.102. The summed E-state index contributed by atoms with van der Waals surface area (Å²) in [4.78, 5) is 12.6. The molecule has 31 heavy (non-hydrogen) atoms. The van der Waals surface area contributed by atoms with Gasteiger partial charge < -0.3 is 13.9 Å². The van der Waals surface area contributed by atoms with E-state index < -0.39 is 0 Å². The Morgan fingerprint density at radius 2 is 1.81 bits per heavy atom. The zero-order chi connectivity index (χ0) is 21.6. The molecule has 1 heterocycles. The van der Waals surface area contributed by atoms with Gasteiger partial charge in [-0.25, -0.2) is 0 Å². The fourth-order valence-electron chi connectivity index (χ4n) is 3.94. The summed E-state index contributed by atoms with van der Waals surface area (Å²) in [5.74, 6) is 2.51. The lowest BCUT2D eigenvalue weighted by Gasteiger charge is -2.22. The zero-order valence-electron chi connectivity index (χ0n) is 17.8. The molecule has 0 atom stereocenters. The molecule has 6 nitrogen and oxygen atoms in total. The van der Waals surface area contributed by atoms with Gasteiger partial charge in [0.05, 0.1) is 25.5 Å². The summed E-state index contributed by atoms with van der Waals surface area (Å²) in [5.41, 5.74) is 2.73. The number of ether oxygens (including phenoxy) is 2. The first-order valence-electron chi connectivity index (χ1n) is 10.5. The van der Waals surface area contributed by atoms with Crippen molar-refractivity contribution in [1.82, 2.24) is 10.2 Å². The Morgan fingerprint density at radius 1 is 1.03 bits per heavy atom. The van der Waals surface area contributed by atoms with Gasteiger partial charge in [-0.05, 0) is 36.5 Å². The molecule has 4 rings (SSSR count). The van der Waals surface area contributed by atoms with Gasteiger partial charge in [-0.2, -0.15) is 0 Å². The summed E-state index contributed by atoms with van der Waals surface area (Å²) in [5, 5.41) is 8.50. The van der Waals surface area contributed by atoms with Gasteiger partial charge in [-0.15, -0.1) is 10.2 Å². The van der Waals surface area contributed by atoms with Crippen LogP contribution in [0.4, 0.5) is 0 Å². The van der Waals surface area contributed by atoms with Crippen LogP contribution in [0.3, 0.4) is 0 Å². The second kappa shape index (κ2) is 10.0. The van der Waals surface area contributed by atoms with Crippen LogP contribution in [-0.2, 0) is 0 Å². The van der Waals surface area contributed by atoms with Gasteiger partial charge in [-0.1, -0.05) is 55.3 Å². The lowest BCUT2D eigenvalue weighted by atomic mass is 9.84. The number of hydrogen-bond acceptors (Lipinski definition) is 7. The number of benzene rings is 2. The molecular formula is C24H26N2O4S. The molecule has 0 amide bonds. The number of rotatable bonds is 8. The molecule has 1 aromatic heterocycles. The smallest absolute Gasteiger partial charge is 0.277 e. The fourth-order valence-corrected chi connectivity index (χ4v) is 4.60. The van der Waals surface area contributed by atoms with E-state index in [-0.39, 0.29) is 11.5 Å². The second-order valence-electron chi connectivity index (χ2n) is 7.61. The van der Waals surface area contributed by atoms with Crippen LogP contribution in [0.15, 0.2) is 52.1 Å². The number of hydrogen-bond donors (Lipinski definition) is 0. The van der Waals surface area contributed by atoms with Gasteiger partial charge in [0.15, 0.2) is 5.78 Å². The first kappa shape index (κ1) is 21.4. The van der Waals surface area contributed by atoms with Gasteiger partial charge in [-0.3, -0.25) is 4.79 Å². The average Bonchev–Trinajstić information content (AvgIpc) is 3.31. The van der Waals surface area contributed by atoms with Crippen LogP contribution in [0.1, 0.15) is 53.9 Å². The number of Topliss-reactive ketones (excluding diaryl/α,β-unsaturated/α-hetero) is 1. The lowest BCUT2D eigenvalue weighted by Crippen LogP contribution is -2.06. The van der Waals surface area contributed by atoms with Crippen molar-refractivity contribution in [3.05, 3.63) is 53.6 Å². The predicted molar refractivity (Wildman–Crippen MR) is 120 cm³/mol. The standard InChI is InChI=1S/C24H26N2O4S/c1-28-19-12-13-20(22(14-19)29-2)23-25-26-24(30-23)31-15-21(27)18-10-8-17(9-11-18)16-6-4-3-5-7-16/h8-14,16H,3-7,15H2,1-2H3. The van der Waals surface area contributed by atoms with E-state index in [1.807, 2.05) is 12.1 Å². The van der Waals surface area contributed by atoms with E-state index in [1.165, 1.54) is 49.4 Å². The number of thioether (sulfide) groups is 1. The van der Waals surface area contributed by atoms with Crippen LogP contribution in [-0.4, -0.2) is 36.0 Å². The van der Waals surface area contributed by atoms with Crippen molar-refractivity contribution < 1.29 is 18.7 Å². The van der Waals surface area contributed by atoms with Crippen LogP contribution in [0, 0.1) is 0 Å². The first-order valence-corrected chi connectivity index (χ1v) is 11.5. The van der Waals surface area contributed by atoms with Crippen LogP contribution < -0.4 is 9.47 Å². The van der Waals surface area contributed by atoms with Crippen molar-refractivity contribution in [3.8, 4) is 23.0 Å². The number of carbonyl (C=O) groups excluding carboxylic acids is 1. The minimum atomic E-state index is 0.0435. The number of ketones is 1. The maximum absolute atomic E-state index is 12.6. The highest BCUT2D eigenvalue weighted by molar-refractivity contribution is 7.99. The SMILES string of the molecule is COc1ccc(-c2nnc(SCC(=O)c3ccc(C4CCCCC4)cc3)o2)c(OC)c1. The van der Waals surface area contributed by atoms with Gasteiger partial charge in [0.1, 0.15) is 11.5 Å². The predicted octanol–water partition coefficient (Wildman–Crippen LogP) is 5.78. The van der Waals surface area contributed by atoms with E-state index in [0.29, 0.717) is 39.7 Å². The Labute approximate surface area is 186 Å². The van der Waals surface area contributed by atoms with Crippen LogP contribution in [0.5, 0.6) is 11.5 Å². The molecule has 1 saturated carbocycles. The second-order valence-corrected chi connectivity index (χ2v) is 8.53. The van der Waals surface area contributed by atoms with E-state index in [4.69, 9.17) is 13.9 Å². The van der Waals surface area contributed by atoms with Crippen molar-refractivity contribution in [2.45, 2.75) is 43.2 Å². The quantitative estimate of drug-likeness (QED) is 0.326. The third-order valence-corrected chi connectivity index (χ3v) is 6.50. The third-order valence-electron chi connectivity index (χ3n) is 5.68. The van der Waals surface area contributed by atoms with Crippen LogP contribution in [0.25, 0.3) is 11.5 Å². The van der Waals surface area contributed by atoms with E-state index in [9.17, 15) is 4.79 Å². The Bertz CT molecular complexity index is 1030. The van der Waals surface area contributed by atoms with Crippen molar-refractivity contribution in [2.75, 3.05) is 20.0 Å².